The third-order valence-electron chi connectivity index (χ3n) is 2.61. The van der Waals surface area contributed by atoms with Gasteiger partial charge in [0, 0.05) is 11.5 Å². The maximum absolute atomic E-state index is 10.8. The lowest BCUT2D eigenvalue weighted by Gasteiger charge is -2.12. The number of rotatable bonds is 2. The van der Waals surface area contributed by atoms with Crippen LogP contribution in [0.2, 0.25) is 0 Å². The van der Waals surface area contributed by atoms with Crippen LogP contribution in [-0.4, -0.2) is 6.29 Å². The van der Waals surface area contributed by atoms with Crippen molar-refractivity contribution in [1.82, 2.24) is 0 Å². The van der Waals surface area contributed by atoms with Gasteiger partial charge < -0.3 is 0 Å². The van der Waals surface area contributed by atoms with Crippen LogP contribution >= 0.6 is 0 Å². The van der Waals surface area contributed by atoms with E-state index in [9.17, 15) is 4.79 Å². The lowest BCUT2D eigenvalue weighted by Crippen LogP contribution is -1.98. The Morgan fingerprint density at radius 2 is 2.07 bits per heavy atom. The zero-order chi connectivity index (χ0) is 9.97. The molecule has 0 heterocycles. The Morgan fingerprint density at radius 3 is 2.71 bits per heavy atom. The quantitative estimate of drug-likeness (QED) is 0.645. The first-order chi connectivity index (χ1) is 6.83. The summed E-state index contributed by atoms with van der Waals surface area (Å²) in [6.45, 7) is 2.09. The first kappa shape index (κ1) is 8.95. The smallest absolute Gasteiger partial charge is 0.150 e. The second-order valence-electron chi connectivity index (χ2n) is 3.52. The standard InChI is InChI=1S/C13H12O/c1-10-5-4-8-12(10)13-7-3-2-6-11(13)9-14/h2-9,12H,1H3. The Morgan fingerprint density at radius 1 is 1.29 bits per heavy atom. The Hall–Kier alpha value is -1.63. The number of carbonyl (C=O) groups is 1. The van der Waals surface area contributed by atoms with Crippen molar-refractivity contribution in [3.8, 4) is 0 Å². The fourth-order valence-electron chi connectivity index (χ4n) is 1.82. The minimum atomic E-state index is 0.288. The largest absolute Gasteiger partial charge is 0.298 e. The number of allylic oxidation sites excluding steroid dienone is 4. The number of aldehydes is 1. The van der Waals surface area contributed by atoms with Gasteiger partial charge in [-0.05, 0) is 12.5 Å². The van der Waals surface area contributed by atoms with Gasteiger partial charge in [0.15, 0.2) is 0 Å². The van der Waals surface area contributed by atoms with E-state index < -0.39 is 0 Å². The summed E-state index contributed by atoms with van der Waals surface area (Å²) in [5.74, 6) is 0.288. The predicted molar refractivity (Wildman–Crippen MR) is 57.5 cm³/mol. The van der Waals surface area contributed by atoms with Crippen molar-refractivity contribution in [3.05, 3.63) is 59.2 Å². The molecular formula is C13H12O. The molecule has 0 spiro atoms. The Kier molecular flexibility index (Phi) is 2.32. The summed E-state index contributed by atoms with van der Waals surface area (Å²) in [5.41, 5.74) is 3.18. The lowest BCUT2D eigenvalue weighted by atomic mass is 9.91. The molecule has 14 heavy (non-hydrogen) atoms. The molecule has 0 amide bonds. The van der Waals surface area contributed by atoms with Crippen LogP contribution in [0, 0.1) is 0 Å². The van der Waals surface area contributed by atoms with Crippen molar-refractivity contribution in [3.63, 3.8) is 0 Å². The van der Waals surface area contributed by atoms with Gasteiger partial charge in [-0.2, -0.15) is 0 Å². The molecule has 1 aliphatic carbocycles. The van der Waals surface area contributed by atoms with Crippen molar-refractivity contribution in [2.24, 2.45) is 0 Å². The molecule has 0 saturated heterocycles. The maximum atomic E-state index is 10.8. The zero-order valence-corrected chi connectivity index (χ0v) is 8.10. The number of benzene rings is 1. The van der Waals surface area contributed by atoms with Crippen LogP contribution in [0.1, 0.15) is 28.8 Å². The molecule has 1 unspecified atom stereocenters. The molecular weight excluding hydrogens is 172 g/mol. The van der Waals surface area contributed by atoms with Crippen molar-refractivity contribution < 1.29 is 4.79 Å². The van der Waals surface area contributed by atoms with Crippen molar-refractivity contribution >= 4 is 6.29 Å². The molecule has 2 rings (SSSR count). The summed E-state index contributed by atoms with van der Waals surface area (Å²) >= 11 is 0. The molecule has 1 heteroatoms. The van der Waals surface area contributed by atoms with Gasteiger partial charge in [-0.3, -0.25) is 4.79 Å². The Bertz CT molecular complexity index is 413. The van der Waals surface area contributed by atoms with Crippen LogP contribution in [0.3, 0.4) is 0 Å². The molecule has 0 fully saturated rings. The SMILES string of the molecule is CC1=CC=CC1c1ccccc1C=O. The minimum Gasteiger partial charge on any atom is -0.298 e. The minimum absolute atomic E-state index is 0.288. The summed E-state index contributed by atoms with van der Waals surface area (Å²) in [6.07, 6.45) is 7.18. The van der Waals surface area contributed by atoms with E-state index in [4.69, 9.17) is 0 Å². The summed E-state index contributed by atoms with van der Waals surface area (Å²) < 4.78 is 0. The maximum Gasteiger partial charge on any atom is 0.150 e. The molecule has 1 nitrogen and oxygen atoms in total. The Labute approximate surface area is 83.8 Å². The molecule has 0 aromatic heterocycles. The molecule has 1 aromatic rings. The van der Waals surface area contributed by atoms with Gasteiger partial charge in [0.05, 0.1) is 0 Å². The van der Waals surface area contributed by atoms with Gasteiger partial charge in [0.25, 0.3) is 0 Å². The Balaban J connectivity index is 2.46. The van der Waals surface area contributed by atoms with Crippen molar-refractivity contribution in [2.45, 2.75) is 12.8 Å². The average Bonchev–Trinajstić information content (AvgIpc) is 2.64. The summed E-state index contributed by atoms with van der Waals surface area (Å²) in [5, 5.41) is 0. The van der Waals surface area contributed by atoms with Crippen LogP contribution in [0.5, 0.6) is 0 Å². The van der Waals surface area contributed by atoms with Crippen LogP contribution in [0.25, 0.3) is 0 Å². The lowest BCUT2D eigenvalue weighted by molar-refractivity contribution is 0.112. The van der Waals surface area contributed by atoms with E-state index in [2.05, 4.69) is 19.1 Å². The number of hydrogen-bond donors (Lipinski definition) is 0. The molecule has 0 aliphatic heterocycles. The van der Waals surface area contributed by atoms with E-state index in [-0.39, 0.29) is 5.92 Å². The fourth-order valence-corrected chi connectivity index (χ4v) is 1.82. The topological polar surface area (TPSA) is 17.1 Å². The molecule has 70 valence electrons. The zero-order valence-electron chi connectivity index (χ0n) is 8.10. The normalized spacial score (nSPS) is 19.5. The second kappa shape index (κ2) is 3.62. The van der Waals surface area contributed by atoms with Gasteiger partial charge in [0.2, 0.25) is 0 Å². The third-order valence-corrected chi connectivity index (χ3v) is 2.61. The molecule has 1 aliphatic rings. The number of hydrogen-bond acceptors (Lipinski definition) is 1. The highest BCUT2D eigenvalue weighted by atomic mass is 16.1. The summed E-state index contributed by atoms with van der Waals surface area (Å²) in [4.78, 5) is 10.8. The third kappa shape index (κ3) is 1.41. The second-order valence-corrected chi connectivity index (χ2v) is 3.52. The molecule has 0 bridgehead atoms. The predicted octanol–water partition coefficient (Wildman–Crippen LogP) is 3.10. The summed E-state index contributed by atoms with van der Waals surface area (Å²) in [7, 11) is 0. The highest BCUT2D eigenvalue weighted by molar-refractivity contribution is 5.78. The van der Waals surface area contributed by atoms with Gasteiger partial charge in [-0.25, -0.2) is 0 Å². The molecule has 0 radical (unpaired) electrons. The molecule has 0 N–H and O–H groups in total. The van der Waals surface area contributed by atoms with Crippen molar-refractivity contribution in [2.75, 3.05) is 0 Å². The average molecular weight is 184 g/mol. The van der Waals surface area contributed by atoms with E-state index in [1.54, 1.807) is 0 Å². The highest BCUT2D eigenvalue weighted by Gasteiger charge is 2.15. The first-order valence-electron chi connectivity index (χ1n) is 4.72. The molecule has 0 saturated carbocycles. The molecule has 1 aromatic carbocycles. The van der Waals surface area contributed by atoms with E-state index in [1.807, 2.05) is 30.3 Å². The van der Waals surface area contributed by atoms with Crippen molar-refractivity contribution in [1.29, 1.82) is 0 Å². The van der Waals surface area contributed by atoms with E-state index in [0.717, 1.165) is 17.4 Å². The van der Waals surface area contributed by atoms with Gasteiger partial charge in [-0.1, -0.05) is 48.1 Å². The highest BCUT2D eigenvalue weighted by Crippen LogP contribution is 2.31. The first-order valence-corrected chi connectivity index (χ1v) is 4.72. The van der Waals surface area contributed by atoms with E-state index in [1.165, 1.54) is 5.57 Å². The van der Waals surface area contributed by atoms with E-state index >= 15 is 0 Å². The van der Waals surface area contributed by atoms with E-state index in [0.29, 0.717) is 0 Å². The van der Waals surface area contributed by atoms with Crippen LogP contribution in [-0.2, 0) is 0 Å². The van der Waals surface area contributed by atoms with Gasteiger partial charge >= 0.3 is 0 Å². The monoisotopic (exact) mass is 184 g/mol. The van der Waals surface area contributed by atoms with Gasteiger partial charge in [-0.15, -0.1) is 0 Å². The van der Waals surface area contributed by atoms with Gasteiger partial charge in [0.1, 0.15) is 6.29 Å². The van der Waals surface area contributed by atoms with Crippen LogP contribution in [0.15, 0.2) is 48.1 Å². The summed E-state index contributed by atoms with van der Waals surface area (Å²) in [6, 6.07) is 7.75. The van der Waals surface area contributed by atoms with Crippen LogP contribution < -0.4 is 0 Å². The van der Waals surface area contributed by atoms with Crippen LogP contribution in [0.4, 0.5) is 0 Å². The number of carbonyl (C=O) groups excluding carboxylic acids is 1. The fraction of sp³-hybridized carbons (Fsp3) is 0.154. The molecule has 1 atom stereocenters.